The number of rotatable bonds is 7. The molecule has 0 saturated carbocycles. The molecule has 4 aromatic rings. The second-order valence-corrected chi connectivity index (χ2v) is 7.61. The maximum Gasteiger partial charge on any atom is 0.316 e. The summed E-state index contributed by atoms with van der Waals surface area (Å²) in [5.74, 6) is 1.47. The molecule has 4 rings (SSSR count). The van der Waals surface area contributed by atoms with Crippen LogP contribution in [0.25, 0.3) is 0 Å². The Labute approximate surface area is 182 Å². The number of nitrogens with zero attached hydrogens (tertiary/aromatic N) is 4. The number of nitrogens with one attached hydrogen (secondary N) is 1. The molecule has 30 heavy (non-hydrogen) atoms. The maximum atomic E-state index is 13.2. The van der Waals surface area contributed by atoms with Crippen LogP contribution < -0.4 is 15.6 Å². The topological polar surface area (TPSA) is 74.0 Å². The molecule has 0 amide bonds. The van der Waals surface area contributed by atoms with Gasteiger partial charge >= 0.3 is 5.56 Å². The van der Waals surface area contributed by atoms with Gasteiger partial charge in [0.25, 0.3) is 0 Å². The number of aromatic nitrogens is 4. The fourth-order valence-electron chi connectivity index (χ4n) is 2.80. The van der Waals surface area contributed by atoms with Crippen LogP contribution in [0.2, 0.25) is 5.02 Å². The average Bonchev–Trinajstić information content (AvgIpc) is 3.30. The Morgan fingerprint density at radius 2 is 1.87 bits per heavy atom. The Morgan fingerprint density at radius 3 is 2.63 bits per heavy atom. The molecule has 2 heterocycles. The predicted molar refractivity (Wildman–Crippen MR) is 119 cm³/mol. The quantitative estimate of drug-likeness (QED) is 0.429. The van der Waals surface area contributed by atoms with Crippen LogP contribution >= 0.6 is 23.4 Å². The molecule has 0 aliphatic carbocycles. The van der Waals surface area contributed by atoms with Gasteiger partial charge in [-0.15, -0.1) is 10.2 Å². The molecule has 0 fully saturated rings. The van der Waals surface area contributed by atoms with Gasteiger partial charge in [-0.1, -0.05) is 47.6 Å². The van der Waals surface area contributed by atoms with Crippen molar-refractivity contribution in [1.82, 2.24) is 19.5 Å². The van der Waals surface area contributed by atoms with Gasteiger partial charge in [-0.05, 0) is 42.0 Å². The van der Waals surface area contributed by atoms with Gasteiger partial charge in [-0.3, -0.25) is 9.47 Å². The summed E-state index contributed by atoms with van der Waals surface area (Å²) in [6.07, 6.45) is 3.55. The number of benzene rings is 2. The fourth-order valence-corrected chi connectivity index (χ4v) is 3.85. The molecule has 9 heteroatoms. The van der Waals surface area contributed by atoms with Crippen LogP contribution in [0.5, 0.6) is 5.75 Å². The van der Waals surface area contributed by atoms with E-state index in [1.54, 1.807) is 36.3 Å². The van der Waals surface area contributed by atoms with E-state index in [1.807, 2.05) is 48.5 Å². The highest BCUT2D eigenvalue weighted by Gasteiger charge is 2.15. The second-order valence-electron chi connectivity index (χ2n) is 6.26. The zero-order valence-electron chi connectivity index (χ0n) is 16.0. The first-order valence-electron chi connectivity index (χ1n) is 9.06. The lowest BCUT2D eigenvalue weighted by Gasteiger charge is -2.14. The highest BCUT2D eigenvalue weighted by atomic mass is 35.5. The van der Waals surface area contributed by atoms with Gasteiger partial charge in [0, 0.05) is 18.1 Å². The summed E-state index contributed by atoms with van der Waals surface area (Å²) in [5.41, 5.74) is 1.29. The van der Waals surface area contributed by atoms with E-state index in [0.717, 1.165) is 11.3 Å². The van der Waals surface area contributed by atoms with Crippen molar-refractivity contribution in [1.29, 1.82) is 0 Å². The van der Waals surface area contributed by atoms with Crippen LogP contribution in [-0.2, 0) is 5.75 Å². The number of halogens is 1. The molecular weight excluding hydrogens is 422 g/mol. The molecule has 0 radical (unpaired) electrons. The van der Waals surface area contributed by atoms with Crippen molar-refractivity contribution in [3.8, 4) is 5.75 Å². The number of hydrogen-bond donors (Lipinski definition) is 1. The van der Waals surface area contributed by atoms with Crippen molar-refractivity contribution < 1.29 is 4.74 Å². The molecule has 0 atom stereocenters. The third-order valence-corrected chi connectivity index (χ3v) is 5.58. The standard InChI is InChI=1S/C21H18ClN5O2S/c1-29-16-8-6-7-15(13-16)14-30-21-25-24-19(23-18-10-3-2-9-17(18)22)20(28)27(21)26-11-4-5-12-26/h2-13H,14H2,1H3,(H,23,24). The van der Waals surface area contributed by atoms with Gasteiger partial charge in [-0.2, -0.15) is 4.68 Å². The molecule has 0 spiro atoms. The Balaban J connectivity index is 1.68. The van der Waals surface area contributed by atoms with Crippen molar-refractivity contribution in [2.45, 2.75) is 10.9 Å². The Morgan fingerprint density at radius 1 is 1.07 bits per heavy atom. The Hall–Kier alpha value is -3.23. The van der Waals surface area contributed by atoms with Crippen LogP contribution in [0.3, 0.4) is 0 Å². The molecule has 0 bridgehead atoms. The highest BCUT2D eigenvalue weighted by molar-refractivity contribution is 7.98. The summed E-state index contributed by atoms with van der Waals surface area (Å²) in [6, 6.07) is 18.6. The van der Waals surface area contributed by atoms with Crippen molar-refractivity contribution in [2.24, 2.45) is 0 Å². The van der Waals surface area contributed by atoms with Crippen molar-refractivity contribution in [3.05, 3.63) is 94.0 Å². The number of anilines is 2. The third-order valence-electron chi connectivity index (χ3n) is 4.26. The molecule has 2 aromatic heterocycles. The van der Waals surface area contributed by atoms with Crippen LogP contribution in [0.15, 0.2) is 83.0 Å². The molecule has 0 aliphatic heterocycles. The van der Waals surface area contributed by atoms with Gasteiger partial charge in [-0.25, -0.2) is 0 Å². The second kappa shape index (κ2) is 9.06. The van der Waals surface area contributed by atoms with E-state index in [4.69, 9.17) is 16.3 Å². The zero-order chi connectivity index (χ0) is 20.9. The lowest BCUT2D eigenvalue weighted by Crippen LogP contribution is -2.30. The Bertz CT molecular complexity index is 1210. The number of methoxy groups -OCH3 is 1. The van der Waals surface area contributed by atoms with Crippen LogP contribution in [0.4, 0.5) is 11.5 Å². The summed E-state index contributed by atoms with van der Waals surface area (Å²) < 4.78 is 8.41. The van der Waals surface area contributed by atoms with E-state index in [9.17, 15) is 4.79 Å². The third kappa shape index (κ3) is 4.34. The normalized spacial score (nSPS) is 10.7. The minimum Gasteiger partial charge on any atom is -0.497 e. The van der Waals surface area contributed by atoms with E-state index in [-0.39, 0.29) is 11.4 Å². The fraction of sp³-hybridized carbons (Fsp3) is 0.0952. The largest absolute Gasteiger partial charge is 0.497 e. The van der Waals surface area contributed by atoms with Crippen molar-refractivity contribution >= 4 is 34.9 Å². The van der Waals surface area contributed by atoms with Gasteiger partial charge in [0.1, 0.15) is 5.75 Å². The van der Waals surface area contributed by atoms with Gasteiger partial charge in [0.05, 0.1) is 17.8 Å². The maximum absolute atomic E-state index is 13.2. The lowest BCUT2D eigenvalue weighted by atomic mass is 10.2. The molecule has 0 unspecified atom stereocenters. The Kier molecular flexibility index (Phi) is 6.06. The van der Waals surface area contributed by atoms with Crippen LogP contribution in [0, 0.1) is 0 Å². The predicted octanol–water partition coefficient (Wildman–Crippen LogP) is 4.45. The minimum atomic E-state index is -0.339. The van der Waals surface area contributed by atoms with E-state index >= 15 is 0 Å². The summed E-state index contributed by atoms with van der Waals surface area (Å²) >= 11 is 7.61. The van der Waals surface area contributed by atoms with E-state index in [1.165, 1.54) is 16.4 Å². The van der Waals surface area contributed by atoms with E-state index < -0.39 is 0 Å². The zero-order valence-corrected chi connectivity index (χ0v) is 17.6. The van der Waals surface area contributed by atoms with Crippen molar-refractivity contribution in [2.75, 3.05) is 12.4 Å². The number of ether oxygens (including phenoxy) is 1. The average molecular weight is 440 g/mol. The molecule has 152 valence electrons. The number of para-hydroxylation sites is 1. The highest BCUT2D eigenvalue weighted by Crippen LogP contribution is 2.25. The van der Waals surface area contributed by atoms with Gasteiger partial charge in [0.2, 0.25) is 11.0 Å². The minimum absolute atomic E-state index is 0.0857. The molecule has 0 saturated heterocycles. The molecule has 1 N–H and O–H groups in total. The first-order valence-corrected chi connectivity index (χ1v) is 10.4. The summed E-state index contributed by atoms with van der Waals surface area (Å²) in [4.78, 5) is 13.2. The SMILES string of the molecule is COc1cccc(CSc2nnc(Nc3ccccc3Cl)c(=O)n2-n2cccc2)c1. The summed E-state index contributed by atoms with van der Waals surface area (Å²) in [6.45, 7) is 0. The molecule has 2 aromatic carbocycles. The van der Waals surface area contributed by atoms with Crippen LogP contribution in [-0.4, -0.2) is 26.7 Å². The number of hydrogen-bond acceptors (Lipinski definition) is 6. The van der Waals surface area contributed by atoms with Gasteiger partial charge < -0.3 is 10.1 Å². The first-order chi connectivity index (χ1) is 14.7. The van der Waals surface area contributed by atoms with Crippen LogP contribution in [0.1, 0.15) is 5.56 Å². The number of thioether (sulfide) groups is 1. The first kappa shape index (κ1) is 20.1. The van der Waals surface area contributed by atoms with E-state index in [0.29, 0.717) is 21.6 Å². The molecular formula is C21H18ClN5O2S. The summed E-state index contributed by atoms with van der Waals surface area (Å²) in [5, 5.41) is 12.3. The summed E-state index contributed by atoms with van der Waals surface area (Å²) in [7, 11) is 1.63. The smallest absolute Gasteiger partial charge is 0.316 e. The van der Waals surface area contributed by atoms with Gasteiger partial charge in [0.15, 0.2) is 0 Å². The van der Waals surface area contributed by atoms with Crippen molar-refractivity contribution in [3.63, 3.8) is 0 Å². The monoisotopic (exact) mass is 439 g/mol. The lowest BCUT2D eigenvalue weighted by molar-refractivity contribution is 0.414. The van der Waals surface area contributed by atoms with E-state index in [2.05, 4.69) is 15.5 Å². The molecule has 7 nitrogen and oxygen atoms in total. The molecule has 0 aliphatic rings.